The standard InChI is InChI=1S/C16H10ClF3O2/c17-13-11-7-6-10(16(18,19)20)8-12(11)15(21)22-14(13)9-4-2-1-3-5-9/h1-8,13-14H/t13-,14+/m1/s1. The molecule has 1 aliphatic heterocycles. The molecule has 2 aromatic rings. The number of carbonyl (C=O) groups is 1. The number of halogens is 4. The maximum Gasteiger partial charge on any atom is 0.416 e. The summed E-state index contributed by atoms with van der Waals surface area (Å²) in [6, 6.07) is 11.8. The summed E-state index contributed by atoms with van der Waals surface area (Å²) in [4.78, 5) is 12.0. The van der Waals surface area contributed by atoms with Crippen molar-refractivity contribution in [1.29, 1.82) is 0 Å². The van der Waals surface area contributed by atoms with Crippen LogP contribution >= 0.6 is 11.6 Å². The van der Waals surface area contributed by atoms with Gasteiger partial charge in [0.25, 0.3) is 0 Å². The van der Waals surface area contributed by atoms with Gasteiger partial charge in [0, 0.05) is 0 Å². The summed E-state index contributed by atoms with van der Waals surface area (Å²) in [5.74, 6) is -0.799. The molecule has 0 fully saturated rings. The van der Waals surface area contributed by atoms with Gasteiger partial charge in [-0.3, -0.25) is 0 Å². The predicted molar refractivity (Wildman–Crippen MR) is 74.6 cm³/mol. The van der Waals surface area contributed by atoms with Gasteiger partial charge in [0.2, 0.25) is 0 Å². The highest BCUT2D eigenvalue weighted by Crippen LogP contribution is 2.44. The summed E-state index contributed by atoms with van der Waals surface area (Å²) < 4.78 is 43.5. The minimum atomic E-state index is -4.52. The number of hydrogen-bond acceptors (Lipinski definition) is 2. The Bertz CT molecular complexity index is 713. The number of ether oxygens (including phenoxy) is 1. The van der Waals surface area contributed by atoms with E-state index in [4.69, 9.17) is 16.3 Å². The molecule has 0 spiro atoms. The molecule has 0 amide bonds. The van der Waals surface area contributed by atoms with Crippen LogP contribution in [0.2, 0.25) is 0 Å². The summed E-state index contributed by atoms with van der Waals surface area (Å²) in [6.07, 6.45) is -5.24. The van der Waals surface area contributed by atoms with Crippen molar-refractivity contribution >= 4 is 17.6 Å². The van der Waals surface area contributed by atoms with Crippen molar-refractivity contribution in [2.45, 2.75) is 17.7 Å². The lowest BCUT2D eigenvalue weighted by molar-refractivity contribution is -0.137. The van der Waals surface area contributed by atoms with Crippen molar-refractivity contribution in [2.24, 2.45) is 0 Å². The highest BCUT2D eigenvalue weighted by Gasteiger charge is 2.38. The minimum Gasteiger partial charge on any atom is -0.452 e. The van der Waals surface area contributed by atoms with Gasteiger partial charge in [-0.1, -0.05) is 36.4 Å². The third-order valence-corrected chi connectivity index (χ3v) is 3.99. The molecule has 22 heavy (non-hydrogen) atoms. The van der Waals surface area contributed by atoms with Crippen molar-refractivity contribution in [3.8, 4) is 0 Å². The number of carbonyl (C=O) groups excluding carboxylic acids is 1. The lowest BCUT2D eigenvalue weighted by atomic mass is 9.93. The molecule has 1 heterocycles. The summed E-state index contributed by atoms with van der Waals surface area (Å²) in [6.45, 7) is 0. The normalized spacial score (nSPS) is 21.2. The molecule has 0 N–H and O–H groups in total. The first-order valence-electron chi connectivity index (χ1n) is 6.49. The molecule has 0 saturated carbocycles. The van der Waals surface area contributed by atoms with Crippen molar-refractivity contribution in [1.82, 2.24) is 0 Å². The maximum atomic E-state index is 12.7. The third-order valence-electron chi connectivity index (χ3n) is 3.53. The van der Waals surface area contributed by atoms with E-state index in [1.165, 1.54) is 6.07 Å². The average molecular weight is 327 g/mol. The van der Waals surface area contributed by atoms with Crippen molar-refractivity contribution in [3.05, 3.63) is 70.8 Å². The average Bonchev–Trinajstić information content (AvgIpc) is 2.50. The quantitative estimate of drug-likeness (QED) is 0.550. The molecule has 2 aromatic carbocycles. The van der Waals surface area contributed by atoms with Crippen LogP contribution in [0, 0.1) is 0 Å². The van der Waals surface area contributed by atoms with Gasteiger partial charge in [0.1, 0.15) is 11.5 Å². The second kappa shape index (κ2) is 5.32. The fraction of sp³-hybridized carbons (Fsp3) is 0.188. The van der Waals surface area contributed by atoms with Crippen LogP contribution in [0.25, 0.3) is 0 Å². The predicted octanol–water partition coefficient (Wildman–Crippen LogP) is 4.90. The smallest absolute Gasteiger partial charge is 0.416 e. The van der Waals surface area contributed by atoms with E-state index in [0.717, 1.165) is 12.1 Å². The van der Waals surface area contributed by atoms with Gasteiger partial charge in [0.05, 0.1) is 11.1 Å². The van der Waals surface area contributed by atoms with Crippen LogP contribution in [0.15, 0.2) is 48.5 Å². The van der Waals surface area contributed by atoms with Crippen LogP contribution in [0.5, 0.6) is 0 Å². The fourth-order valence-corrected chi connectivity index (χ4v) is 2.82. The molecule has 0 aliphatic carbocycles. The third kappa shape index (κ3) is 2.57. The SMILES string of the molecule is O=C1O[C@@H](c2ccccc2)[C@H](Cl)c2ccc(C(F)(F)F)cc21. The summed E-state index contributed by atoms with van der Waals surface area (Å²) in [5.41, 5.74) is 0.00778. The molecule has 0 radical (unpaired) electrons. The fourth-order valence-electron chi connectivity index (χ4n) is 2.43. The molecule has 2 atom stereocenters. The second-order valence-corrected chi connectivity index (χ2v) is 5.41. The first-order valence-corrected chi connectivity index (χ1v) is 6.92. The molecular weight excluding hydrogens is 317 g/mol. The molecule has 0 bridgehead atoms. The van der Waals surface area contributed by atoms with Crippen molar-refractivity contribution in [3.63, 3.8) is 0 Å². The van der Waals surface area contributed by atoms with Crippen LogP contribution < -0.4 is 0 Å². The largest absolute Gasteiger partial charge is 0.452 e. The first kappa shape index (κ1) is 14.9. The molecule has 0 unspecified atom stereocenters. The van der Waals surface area contributed by atoms with Gasteiger partial charge in [-0.25, -0.2) is 4.79 Å². The van der Waals surface area contributed by atoms with Gasteiger partial charge in [-0.05, 0) is 23.3 Å². The first-order chi connectivity index (χ1) is 10.4. The number of hydrogen-bond donors (Lipinski definition) is 0. The van der Waals surface area contributed by atoms with Crippen molar-refractivity contribution in [2.75, 3.05) is 0 Å². The zero-order valence-corrected chi connectivity index (χ0v) is 11.9. The monoisotopic (exact) mass is 326 g/mol. The van der Waals surface area contributed by atoms with Crippen LogP contribution in [0.4, 0.5) is 13.2 Å². The van der Waals surface area contributed by atoms with Crippen molar-refractivity contribution < 1.29 is 22.7 Å². The molecule has 0 aromatic heterocycles. The number of alkyl halides is 4. The van der Waals surface area contributed by atoms with Gasteiger partial charge in [0.15, 0.2) is 0 Å². The Kier molecular flexibility index (Phi) is 3.60. The van der Waals surface area contributed by atoms with E-state index in [2.05, 4.69) is 0 Å². The van der Waals surface area contributed by atoms with E-state index in [1.54, 1.807) is 30.3 Å². The topological polar surface area (TPSA) is 26.3 Å². The van der Waals surface area contributed by atoms with E-state index in [-0.39, 0.29) is 5.56 Å². The zero-order valence-electron chi connectivity index (χ0n) is 11.1. The Balaban J connectivity index is 2.03. The van der Waals surface area contributed by atoms with Crippen LogP contribution in [-0.4, -0.2) is 5.97 Å². The number of rotatable bonds is 1. The molecule has 114 valence electrons. The summed E-state index contributed by atoms with van der Waals surface area (Å²) in [7, 11) is 0. The number of fused-ring (bicyclic) bond motifs is 1. The van der Waals surface area contributed by atoms with E-state index in [9.17, 15) is 18.0 Å². The van der Waals surface area contributed by atoms with E-state index in [1.807, 2.05) is 0 Å². The second-order valence-electron chi connectivity index (χ2n) is 4.94. The minimum absolute atomic E-state index is 0.137. The maximum absolute atomic E-state index is 12.7. The molecule has 6 heteroatoms. The molecule has 1 aliphatic rings. The summed E-state index contributed by atoms with van der Waals surface area (Å²) >= 11 is 6.32. The Morgan fingerprint density at radius 1 is 1.05 bits per heavy atom. The number of esters is 1. The Morgan fingerprint density at radius 2 is 1.73 bits per heavy atom. The van der Waals surface area contributed by atoms with Gasteiger partial charge >= 0.3 is 12.1 Å². The Labute approximate surface area is 129 Å². The lowest BCUT2D eigenvalue weighted by Gasteiger charge is -2.30. The van der Waals surface area contributed by atoms with Crippen LogP contribution in [0.1, 0.15) is 38.5 Å². The lowest BCUT2D eigenvalue weighted by Crippen LogP contribution is -2.24. The zero-order chi connectivity index (χ0) is 15.9. The van der Waals surface area contributed by atoms with Crippen LogP contribution in [0.3, 0.4) is 0 Å². The highest BCUT2D eigenvalue weighted by molar-refractivity contribution is 6.22. The molecule has 0 saturated heterocycles. The van der Waals surface area contributed by atoms with Gasteiger partial charge in [-0.15, -0.1) is 11.6 Å². The van der Waals surface area contributed by atoms with Crippen LogP contribution in [-0.2, 0) is 10.9 Å². The van der Waals surface area contributed by atoms with Gasteiger partial charge in [-0.2, -0.15) is 13.2 Å². The molecule has 3 rings (SSSR count). The van der Waals surface area contributed by atoms with E-state index in [0.29, 0.717) is 11.1 Å². The van der Waals surface area contributed by atoms with E-state index >= 15 is 0 Å². The Morgan fingerprint density at radius 3 is 2.36 bits per heavy atom. The molecule has 2 nitrogen and oxygen atoms in total. The number of benzene rings is 2. The van der Waals surface area contributed by atoms with Gasteiger partial charge < -0.3 is 4.74 Å². The summed E-state index contributed by atoms with van der Waals surface area (Å²) in [5, 5.41) is -0.739. The Hall–Kier alpha value is -2.01. The van der Waals surface area contributed by atoms with E-state index < -0.39 is 29.2 Å². The highest BCUT2D eigenvalue weighted by atomic mass is 35.5. The number of cyclic esters (lactones) is 1. The molecular formula is C16H10ClF3O2.